The van der Waals surface area contributed by atoms with Crippen molar-refractivity contribution < 1.29 is 14.3 Å². The smallest absolute Gasteiger partial charge is 0.259 e. The molecule has 0 fully saturated rings. The molecular weight excluding hydrogens is 434 g/mol. The van der Waals surface area contributed by atoms with Gasteiger partial charge in [-0.25, -0.2) is 0 Å². The molecule has 1 heterocycles. The molecule has 35 heavy (non-hydrogen) atoms. The normalized spacial score (nSPS) is 13.2. The van der Waals surface area contributed by atoms with Gasteiger partial charge in [0.1, 0.15) is 17.2 Å². The number of benzene rings is 3. The number of anilines is 1. The minimum atomic E-state index is -0.218. The van der Waals surface area contributed by atoms with Gasteiger partial charge in [0.25, 0.3) is 5.91 Å². The van der Waals surface area contributed by atoms with E-state index in [1.807, 2.05) is 42.5 Å². The van der Waals surface area contributed by atoms with Crippen LogP contribution in [0.5, 0.6) is 17.2 Å². The largest absolute Gasteiger partial charge is 0.493 e. The zero-order chi connectivity index (χ0) is 25.2. The van der Waals surface area contributed by atoms with Crippen molar-refractivity contribution in [2.45, 2.75) is 71.6 Å². The summed E-state index contributed by atoms with van der Waals surface area (Å²) in [7, 11) is 0. The fourth-order valence-corrected chi connectivity index (χ4v) is 4.27. The van der Waals surface area contributed by atoms with Crippen LogP contribution >= 0.6 is 0 Å². The number of carbonyl (C=O) groups is 1. The quantitative estimate of drug-likeness (QED) is 0.362. The van der Waals surface area contributed by atoms with Gasteiger partial charge in [-0.05, 0) is 59.6 Å². The third-order valence-electron chi connectivity index (χ3n) is 7.55. The molecule has 4 heteroatoms. The van der Waals surface area contributed by atoms with Crippen molar-refractivity contribution in [1.82, 2.24) is 0 Å². The molecule has 184 valence electrons. The van der Waals surface area contributed by atoms with E-state index >= 15 is 0 Å². The highest BCUT2D eigenvalue weighted by molar-refractivity contribution is 6.06. The maximum atomic E-state index is 13.3. The Morgan fingerprint density at radius 2 is 1.63 bits per heavy atom. The van der Waals surface area contributed by atoms with Gasteiger partial charge in [-0.1, -0.05) is 71.9 Å². The maximum Gasteiger partial charge on any atom is 0.259 e. The molecule has 0 aliphatic carbocycles. The average molecular weight is 472 g/mol. The van der Waals surface area contributed by atoms with Gasteiger partial charge in [0.15, 0.2) is 0 Å². The Morgan fingerprint density at radius 3 is 2.31 bits per heavy atom. The lowest BCUT2D eigenvalue weighted by atomic mass is 9.76. The molecule has 0 unspecified atom stereocenters. The number of hydrogen-bond acceptors (Lipinski definition) is 3. The topological polar surface area (TPSA) is 47.6 Å². The van der Waals surface area contributed by atoms with Crippen LogP contribution in [0.4, 0.5) is 5.69 Å². The lowest BCUT2D eigenvalue weighted by Crippen LogP contribution is -2.21. The summed E-state index contributed by atoms with van der Waals surface area (Å²) in [5, 5.41) is 2.99. The summed E-state index contributed by atoms with van der Waals surface area (Å²) in [4.78, 5) is 13.3. The van der Waals surface area contributed by atoms with Crippen molar-refractivity contribution in [1.29, 1.82) is 0 Å². The number of para-hydroxylation sites is 1. The molecule has 0 aromatic heterocycles. The molecule has 1 amide bonds. The lowest BCUT2D eigenvalue weighted by molar-refractivity contribution is 0.102. The summed E-state index contributed by atoms with van der Waals surface area (Å²) in [5.41, 5.74) is 4.72. The molecule has 1 aliphatic heterocycles. The van der Waals surface area contributed by atoms with E-state index in [4.69, 9.17) is 9.47 Å². The molecule has 1 N–H and O–H groups in total. The summed E-state index contributed by atoms with van der Waals surface area (Å²) in [6.07, 6.45) is 2.83. The fraction of sp³-hybridized carbons (Fsp3) is 0.387. The lowest BCUT2D eigenvalue weighted by Gasteiger charge is -2.30. The molecule has 3 aromatic rings. The number of hydrogen-bond donors (Lipinski definition) is 1. The van der Waals surface area contributed by atoms with Crippen LogP contribution in [0, 0.1) is 0 Å². The van der Waals surface area contributed by atoms with E-state index in [-0.39, 0.29) is 16.7 Å². The predicted octanol–water partition coefficient (Wildman–Crippen LogP) is 8.04. The summed E-state index contributed by atoms with van der Waals surface area (Å²) >= 11 is 0. The van der Waals surface area contributed by atoms with Crippen molar-refractivity contribution in [3.63, 3.8) is 0 Å². The Balaban J connectivity index is 1.77. The molecule has 0 atom stereocenters. The van der Waals surface area contributed by atoms with Gasteiger partial charge in [-0.2, -0.15) is 0 Å². The molecule has 4 rings (SSSR count). The maximum absolute atomic E-state index is 13.3. The molecule has 0 spiro atoms. The first-order chi connectivity index (χ1) is 16.6. The zero-order valence-corrected chi connectivity index (χ0v) is 21.8. The summed E-state index contributed by atoms with van der Waals surface area (Å²) in [5.74, 6) is 1.88. The number of rotatable bonds is 8. The summed E-state index contributed by atoms with van der Waals surface area (Å²) in [6.45, 7) is 14.1. The summed E-state index contributed by atoms with van der Waals surface area (Å²) in [6, 6.07) is 19.8. The Kier molecular flexibility index (Phi) is 6.93. The number of nitrogens with one attached hydrogen (secondary N) is 1. The fourth-order valence-electron chi connectivity index (χ4n) is 4.27. The van der Waals surface area contributed by atoms with E-state index in [1.54, 1.807) is 0 Å². The van der Waals surface area contributed by atoms with Gasteiger partial charge in [0.05, 0.1) is 12.2 Å². The van der Waals surface area contributed by atoms with Gasteiger partial charge >= 0.3 is 0 Å². The zero-order valence-electron chi connectivity index (χ0n) is 21.8. The van der Waals surface area contributed by atoms with E-state index in [2.05, 4.69) is 65.1 Å². The number of ether oxygens (including phenoxy) is 2. The van der Waals surface area contributed by atoms with E-state index in [0.717, 1.165) is 47.6 Å². The Labute approximate surface area is 209 Å². The number of amides is 1. The highest BCUT2D eigenvalue weighted by Crippen LogP contribution is 2.42. The van der Waals surface area contributed by atoms with E-state index in [0.29, 0.717) is 17.9 Å². The summed E-state index contributed by atoms with van der Waals surface area (Å²) < 4.78 is 12.4. The van der Waals surface area contributed by atoms with Crippen LogP contribution in [0.2, 0.25) is 0 Å². The second-order valence-electron chi connectivity index (χ2n) is 10.7. The van der Waals surface area contributed by atoms with Crippen molar-refractivity contribution in [3.8, 4) is 17.2 Å². The molecule has 0 saturated heterocycles. The van der Waals surface area contributed by atoms with Crippen LogP contribution in [0.15, 0.2) is 60.7 Å². The molecule has 0 bridgehead atoms. The third-order valence-corrected chi connectivity index (χ3v) is 7.55. The highest BCUT2D eigenvalue weighted by atomic mass is 16.5. The molecule has 0 radical (unpaired) electrons. The Hall–Kier alpha value is -3.27. The minimum Gasteiger partial charge on any atom is -0.493 e. The standard InChI is InChI=1S/C31H37NO3/c1-7-30(3,4)22-14-15-26(25(19-22)31(5,6)8-2)35-28-18-21-16-17-34-27(21)20-24(28)29(33)32-23-12-10-9-11-13-23/h9-15,18-20H,7-8,16-17H2,1-6H3,(H,32,33). The van der Waals surface area contributed by atoms with Gasteiger partial charge in [0, 0.05) is 23.2 Å². The second kappa shape index (κ2) is 9.77. The minimum absolute atomic E-state index is 0.0722. The van der Waals surface area contributed by atoms with Crippen LogP contribution in [0.3, 0.4) is 0 Å². The molecule has 3 aromatic carbocycles. The van der Waals surface area contributed by atoms with Crippen LogP contribution in [0.25, 0.3) is 0 Å². The monoisotopic (exact) mass is 471 g/mol. The van der Waals surface area contributed by atoms with Crippen molar-refractivity contribution in [2.75, 3.05) is 11.9 Å². The van der Waals surface area contributed by atoms with Gasteiger partial charge in [-0.3, -0.25) is 4.79 Å². The first kappa shape index (κ1) is 24.8. The molecular formula is C31H37NO3. The van der Waals surface area contributed by atoms with E-state index < -0.39 is 0 Å². The van der Waals surface area contributed by atoms with Gasteiger partial charge in [-0.15, -0.1) is 0 Å². The predicted molar refractivity (Wildman–Crippen MR) is 143 cm³/mol. The second-order valence-corrected chi connectivity index (χ2v) is 10.7. The van der Waals surface area contributed by atoms with Gasteiger partial charge < -0.3 is 14.8 Å². The van der Waals surface area contributed by atoms with Gasteiger partial charge in [0.2, 0.25) is 0 Å². The van der Waals surface area contributed by atoms with Crippen molar-refractivity contribution in [3.05, 3.63) is 82.9 Å². The Bertz CT molecular complexity index is 1210. The first-order valence-corrected chi connectivity index (χ1v) is 12.6. The molecule has 4 nitrogen and oxygen atoms in total. The van der Waals surface area contributed by atoms with Crippen molar-refractivity contribution >= 4 is 11.6 Å². The van der Waals surface area contributed by atoms with E-state index in [9.17, 15) is 4.79 Å². The molecule has 1 aliphatic rings. The SMILES string of the molecule is CCC(C)(C)c1ccc(Oc2cc3c(cc2C(=O)Nc2ccccc2)OCC3)c(C(C)(C)CC)c1. The van der Waals surface area contributed by atoms with Crippen molar-refractivity contribution in [2.24, 2.45) is 0 Å². The van der Waals surface area contributed by atoms with E-state index in [1.165, 1.54) is 5.56 Å². The number of fused-ring (bicyclic) bond motifs is 1. The first-order valence-electron chi connectivity index (χ1n) is 12.6. The number of carbonyl (C=O) groups excluding carboxylic acids is 1. The van der Waals surface area contributed by atoms with Crippen LogP contribution in [-0.4, -0.2) is 12.5 Å². The highest BCUT2D eigenvalue weighted by Gasteiger charge is 2.28. The third kappa shape index (κ3) is 5.22. The average Bonchev–Trinajstić information content (AvgIpc) is 3.31. The Morgan fingerprint density at radius 1 is 0.914 bits per heavy atom. The van der Waals surface area contributed by atoms with Crippen LogP contribution in [0.1, 0.15) is 81.4 Å². The van der Waals surface area contributed by atoms with Crippen LogP contribution in [-0.2, 0) is 17.3 Å². The molecule has 0 saturated carbocycles. The van der Waals surface area contributed by atoms with Crippen LogP contribution < -0.4 is 14.8 Å².